The fourth-order valence-corrected chi connectivity index (χ4v) is 5.04. The van der Waals surface area contributed by atoms with Crippen LogP contribution < -0.4 is 5.32 Å². The van der Waals surface area contributed by atoms with E-state index >= 15 is 0 Å². The number of hydrogen-bond donors (Lipinski definition) is 2. The first-order valence-corrected chi connectivity index (χ1v) is 11.8. The van der Waals surface area contributed by atoms with Crippen molar-refractivity contribution in [3.8, 4) is 0 Å². The third kappa shape index (κ3) is 7.50. The van der Waals surface area contributed by atoms with Crippen LogP contribution in [0.2, 0.25) is 0 Å². The Hall–Kier alpha value is -2.09. The molecule has 2 N–H and O–H groups in total. The lowest BCUT2D eigenvalue weighted by atomic mass is 9.99. The van der Waals surface area contributed by atoms with Gasteiger partial charge in [0.1, 0.15) is 11.4 Å². The van der Waals surface area contributed by atoms with Gasteiger partial charge in [-0.05, 0) is 80.8 Å². The Morgan fingerprint density at radius 2 is 2.00 bits per heavy atom. The van der Waals surface area contributed by atoms with Crippen molar-refractivity contribution in [2.75, 3.05) is 13.1 Å². The maximum Gasteiger partial charge on any atom is 0.407 e. The average Bonchev–Trinajstić information content (AvgIpc) is 2.83. The molecule has 0 aliphatic carbocycles. The Kier molecular flexibility index (Phi) is 8.20. The highest BCUT2D eigenvalue weighted by molar-refractivity contribution is 7.97. The third-order valence-electron chi connectivity index (χ3n) is 5.19. The highest BCUT2D eigenvalue weighted by atomic mass is 32.2. The van der Waals surface area contributed by atoms with Crippen LogP contribution in [0.3, 0.4) is 0 Å². The molecular weight excluding hydrogens is 427 g/mol. The highest BCUT2D eigenvalue weighted by Gasteiger charge is 2.29. The molecule has 0 bridgehead atoms. The molecular formula is C25H33FN2O3S. The van der Waals surface area contributed by atoms with Crippen LogP contribution in [-0.4, -0.2) is 46.3 Å². The zero-order valence-corrected chi connectivity index (χ0v) is 20.0. The quantitative estimate of drug-likeness (QED) is 0.605. The number of carbonyl (C=O) groups excluding carboxylic acids is 1. The number of nitrogens with zero attached hydrogens (tertiary/aromatic N) is 1. The second-order valence-corrected chi connectivity index (χ2v) is 10.6. The first-order chi connectivity index (χ1) is 15.1. The van der Waals surface area contributed by atoms with E-state index in [0.717, 1.165) is 29.0 Å². The molecule has 0 radical (unpaired) electrons. The Labute approximate surface area is 194 Å². The van der Waals surface area contributed by atoms with Gasteiger partial charge in [-0.15, -0.1) is 0 Å². The van der Waals surface area contributed by atoms with Crippen LogP contribution in [0.15, 0.2) is 53.4 Å². The second kappa shape index (κ2) is 10.7. The maximum absolute atomic E-state index is 13.7. The van der Waals surface area contributed by atoms with E-state index in [1.54, 1.807) is 12.1 Å². The molecule has 0 fully saturated rings. The molecule has 3 atom stereocenters. The SMILES string of the molecule is CC1Cc2cc(F)ccc2SN(C[C@@H](O)[C@H](Cc2ccccc2)NC(=O)OC(C)(C)C)C1. The normalized spacial score (nSPS) is 18.9. The number of rotatable bonds is 6. The molecule has 2 aromatic carbocycles. The molecule has 0 spiro atoms. The first-order valence-electron chi connectivity index (χ1n) is 11.0. The molecule has 0 saturated heterocycles. The Morgan fingerprint density at radius 3 is 2.69 bits per heavy atom. The van der Waals surface area contributed by atoms with Crippen LogP contribution in [0.4, 0.5) is 9.18 Å². The molecule has 1 aliphatic rings. The predicted molar refractivity (Wildman–Crippen MR) is 126 cm³/mol. The molecule has 0 aromatic heterocycles. The van der Waals surface area contributed by atoms with Crippen LogP contribution in [0.25, 0.3) is 0 Å². The zero-order chi connectivity index (χ0) is 23.3. The number of nitrogens with one attached hydrogen (secondary N) is 1. The monoisotopic (exact) mass is 460 g/mol. The van der Waals surface area contributed by atoms with Crippen LogP contribution in [0.5, 0.6) is 0 Å². The van der Waals surface area contributed by atoms with Gasteiger partial charge in [-0.2, -0.15) is 0 Å². The first kappa shape index (κ1) is 24.6. The van der Waals surface area contributed by atoms with Gasteiger partial charge in [-0.3, -0.25) is 0 Å². The fourth-order valence-electron chi connectivity index (χ4n) is 3.82. The predicted octanol–water partition coefficient (Wildman–Crippen LogP) is 4.82. The molecule has 1 unspecified atom stereocenters. The van der Waals surface area contributed by atoms with Gasteiger partial charge in [0.2, 0.25) is 0 Å². The number of β-amino-alcohol motifs (C(OH)–C–C–N with tert-alkyl or cyclic N) is 1. The number of aliphatic hydroxyl groups is 1. The van der Waals surface area contributed by atoms with Crippen LogP contribution in [0, 0.1) is 11.7 Å². The topological polar surface area (TPSA) is 61.8 Å². The summed E-state index contributed by atoms with van der Waals surface area (Å²) in [5.41, 5.74) is 1.39. The smallest absolute Gasteiger partial charge is 0.407 e. The third-order valence-corrected chi connectivity index (χ3v) is 6.34. The number of benzene rings is 2. The lowest BCUT2D eigenvalue weighted by Gasteiger charge is -2.30. The van der Waals surface area contributed by atoms with Crippen LogP contribution in [0.1, 0.15) is 38.8 Å². The van der Waals surface area contributed by atoms with Gasteiger partial charge in [-0.1, -0.05) is 37.3 Å². The Bertz CT molecular complexity index is 904. The largest absolute Gasteiger partial charge is 0.444 e. The summed E-state index contributed by atoms with van der Waals surface area (Å²) in [6.07, 6.45) is -0.0902. The minimum Gasteiger partial charge on any atom is -0.444 e. The molecule has 1 heterocycles. The molecule has 5 nitrogen and oxygen atoms in total. The van der Waals surface area contributed by atoms with E-state index < -0.39 is 23.8 Å². The van der Waals surface area contributed by atoms with Crippen molar-refractivity contribution in [1.29, 1.82) is 0 Å². The van der Waals surface area contributed by atoms with Crippen molar-refractivity contribution in [3.63, 3.8) is 0 Å². The molecule has 32 heavy (non-hydrogen) atoms. The highest BCUT2D eigenvalue weighted by Crippen LogP contribution is 2.33. The standard InChI is InChI=1S/C25H33FN2O3S/c1-17-12-19-14-20(26)10-11-23(19)32-28(15-17)16-22(29)21(13-18-8-6-5-7-9-18)27-24(30)31-25(2,3)4/h5-11,14,17,21-22,29H,12-13,15-16H2,1-4H3,(H,27,30)/t17?,21-,22+/m0/s1. The number of aliphatic hydroxyl groups excluding tert-OH is 1. The molecule has 0 saturated carbocycles. The van der Waals surface area contributed by atoms with E-state index in [0.29, 0.717) is 18.9 Å². The molecule has 1 aliphatic heterocycles. The molecule has 3 rings (SSSR count). The van der Waals surface area contributed by atoms with Crippen molar-refractivity contribution in [1.82, 2.24) is 9.62 Å². The fraction of sp³-hybridized carbons (Fsp3) is 0.480. The summed E-state index contributed by atoms with van der Waals surface area (Å²) in [5.74, 6) is 0.0821. The van der Waals surface area contributed by atoms with Gasteiger partial charge in [0.05, 0.1) is 12.1 Å². The van der Waals surface area contributed by atoms with Gasteiger partial charge in [0.15, 0.2) is 0 Å². The van der Waals surface area contributed by atoms with Crippen molar-refractivity contribution in [2.45, 2.75) is 63.2 Å². The zero-order valence-electron chi connectivity index (χ0n) is 19.2. The van der Waals surface area contributed by atoms with Gasteiger partial charge in [-0.25, -0.2) is 13.5 Å². The number of halogens is 1. The minimum absolute atomic E-state index is 0.227. The summed E-state index contributed by atoms with van der Waals surface area (Å²) in [6.45, 7) is 8.67. The van der Waals surface area contributed by atoms with Crippen molar-refractivity contribution in [3.05, 3.63) is 65.5 Å². The average molecular weight is 461 g/mol. The van der Waals surface area contributed by atoms with Gasteiger partial charge < -0.3 is 15.2 Å². The van der Waals surface area contributed by atoms with Gasteiger partial charge >= 0.3 is 6.09 Å². The molecule has 2 aromatic rings. The van der Waals surface area contributed by atoms with Gasteiger partial charge in [0, 0.05) is 18.0 Å². The van der Waals surface area contributed by atoms with Crippen LogP contribution >= 0.6 is 11.9 Å². The van der Waals surface area contributed by atoms with Crippen molar-refractivity contribution < 1.29 is 19.0 Å². The Balaban J connectivity index is 1.73. The van der Waals surface area contributed by atoms with Crippen LogP contribution in [-0.2, 0) is 17.6 Å². The number of fused-ring (bicyclic) bond motifs is 1. The summed E-state index contributed by atoms with van der Waals surface area (Å²) in [6, 6.07) is 14.1. The van der Waals surface area contributed by atoms with E-state index in [1.807, 2.05) is 51.1 Å². The summed E-state index contributed by atoms with van der Waals surface area (Å²) in [5, 5.41) is 14.0. The Morgan fingerprint density at radius 1 is 1.28 bits per heavy atom. The van der Waals surface area contributed by atoms with Crippen molar-refractivity contribution in [2.24, 2.45) is 5.92 Å². The second-order valence-electron chi connectivity index (χ2n) is 9.51. The van der Waals surface area contributed by atoms with E-state index in [4.69, 9.17) is 4.74 Å². The summed E-state index contributed by atoms with van der Waals surface area (Å²) >= 11 is 1.53. The summed E-state index contributed by atoms with van der Waals surface area (Å²) < 4.78 is 21.2. The lowest BCUT2D eigenvalue weighted by molar-refractivity contribution is 0.0402. The molecule has 7 heteroatoms. The van der Waals surface area contributed by atoms with E-state index in [1.165, 1.54) is 18.0 Å². The lowest BCUT2D eigenvalue weighted by Crippen LogP contribution is -2.50. The van der Waals surface area contributed by atoms with E-state index in [-0.39, 0.29) is 5.82 Å². The summed E-state index contributed by atoms with van der Waals surface area (Å²) in [4.78, 5) is 13.5. The number of amides is 1. The van der Waals surface area contributed by atoms with E-state index in [9.17, 15) is 14.3 Å². The number of hydrogen-bond acceptors (Lipinski definition) is 5. The number of carbonyl (C=O) groups is 1. The van der Waals surface area contributed by atoms with E-state index in [2.05, 4.69) is 16.5 Å². The molecule has 1 amide bonds. The summed E-state index contributed by atoms with van der Waals surface area (Å²) in [7, 11) is 0. The molecule has 174 valence electrons. The number of alkyl carbamates (subject to hydrolysis) is 1. The maximum atomic E-state index is 13.7. The van der Waals surface area contributed by atoms with Gasteiger partial charge in [0.25, 0.3) is 0 Å². The minimum atomic E-state index is -0.815. The number of ether oxygens (including phenoxy) is 1. The van der Waals surface area contributed by atoms with Crippen molar-refractivity contribution >= 4 is 18.0 Å².